The summed E-state index contributed by atoms with van der Waals surface area (Å²) in [6, 6.07) is 9.88. The Hall–Kier alpha value is -2.74. The van der Waals surface area contributed by atoms with Crippen LogP contribution in [0.25, 0.3) is 0 Å². The highest BCUT2D eigenvalue weighted by atomic mass is 79.9. The van der Waals surface area contributed by atoms with Gasteiger partial charge in [0, 0.05) is 35.4 Å². The van der Waals surface area contributed by atoms with E-state index in [-0.39, 0.29) is 11.9 Å². The molecule has 1 atom stereocenters. The van der Waals surface area contributed by atoms with Crippen LogP contribution >= 0.6 is 15.9 Å². The SMILES string of the molecule is CCOC(=O)C1CCN(C(=O)[C@@H](C(=O)c2ccc(Br)cc2)n2ccccc2=O)CC1. The number of nitrogens with zero attached hydrogens (tertiary/aromatic N) is 2. The third kappa shape index (κ3) is 4.87. The molecule has 158 valence electrons. The maximum atomic E-state index is 13.4. The zero-order chi connectivity index (χ0) is 21.7. The monoisotopic (exact) mass is 474 g/mol. The molecule has 1 saturated heterocycles. The first-order valence-corrected chi connectivity index (χ1v) is 10.6. The van der Waals surface area contributed by atoms with Crippen molar-refractivity contribution in [2.45, 2.75) is 25.8 Å². The Bertz CT molecular complexity index is 978. The Kier molecular flexibility index (Phi) is 7.20. The summed E-state index contributed by atoms with van der Waals surface area (Å²) in [7, 11) is 0. The number of benzene rings is 1. The Morgan fingerprint density at radius 2 is 1.77 bits per heavy atom. The molecule has 0 N–H and O–H groups in total. The minimum Gasteiger partial charge on any atom is -0.466 e. The van der Waals surface area contributed by atoms with Crippen molar-refractivity contribution in [1.82, 2.24) is 9.47 Å². The summed E-state index contributed by atoms with van der Waals surface area (Å²) in [6.07, 6.45) is 2.38. The van der Waals surface area contributed by atoms with Crippen molar-refractivity contribution < 1.29 is 19.1 Å². The standard InChI is InChI=1S/C22H23BrN2O5/c1-2-30-22(29)16-10-13-24(14-11-16)21(28)19(25-12-4-3-5-18(25)26)20(27)15-6-8-17(23)9-7-15/h3-9,12,16,19H,2,10-11,13-14H2,1H3/t19-/m1/s1. The number of rotatable bonds is 6. The van der Waals surface area contributed by atoms with E-state index in [0.29, 0.717) is 38.1 Å². The molecule has 1 fully saturated rings. The highest BCUT2D eigenvalue weighted by Crippen LogP contribution is 2.24. The number of carbonyl (C=O) groups is 3. The van der Waals surface area contributed by atoms with Gasteiger partial charge in [0.25, 0.3) is 11.5 Å². The number of pyridine rings is 1. The van der Waals surface area contributed by atoms with Crippen LogP contribution in [-0.2, 0) is 14.3 Å². The molecule has 1 amide bonds. The molecule has 0 radical (unpaired) electrons. The number of piperidine rings is 1. The van der Waals surface area contributed by atoms with Crippen molar-refractivity contribution in [2.75, 3.05) is 19.7 Å². The molecule has 0 saturated carbocycles. The number of likely N-dealkylation sites (tertiary alicyclic amines) is 1. The summed E-state index contributed by atoms with van der Waals surface area (Å²) in [4.78, 5) is 52.5. The molecule has 30 heavy (non-hydrogen) atoms. The van der Waals surface area contributed by atoms with E-state index in [4.69, 9.17) is 4.74 Å². The largest absolute Gasteiger partial charge is 0.466 e. The first-order chi connectivity index (χ1) is 14.4. The molecule has 1 aromatic carbocycles. The highest BCUT2D eigenvalue weighted by molar-refractivity contribution is 9.10. The lowest BCUT2D eigenvalue weighted by Gasteiger charge is -2.33. The summed E-state index contributed by atoms with van der Waals surface area (Å²) in [5.41, 5.74) is -0.0866. The van der Waals surface area contributed by atoms with Crippen molar-refractivity contribution in [3.8, 4) is 0 Å². The van der Waals surface area contributed by atoms with Gasteiger partial charge in [0.05, 0.1) is 12.5 Å². The van der Waals surface area contributed by atoms with Crippen molar-refractivity contribution in [3.05, 3.63) is 69.1 Å². The van der Waals surface area contributed by atoms with Crippen LogP contribution in [0.15, 0.2) is 57.9 Å². The minimum absolute atomic E-state index is 0.255. The topological polar surface area (TPSA) is 85.7 Å². The van der Waals surface area contributed by atoms with Crippen LogP contribution in [0, 0.1) is 5.92 Å². The maximum Gasteiger partial charge on any atom is 0.309 e. The predicted molar refractivity (Wildman–Crippen MR) is 114 cm³/mol. The van der Waals surface area contributed by atoms with Gasteiger partial charge in [0.2, 0.25) is 0 Å². The third-order valence-electron chi connectivity index (χ3n) is 5.17. The lowest BCUT2D eigenvalue weighted by Crippen LogP contribution is -2.47. The smallest absolute Gasteiger partial charge is 0.309 e. The summed E-state index contributed by atoms with van der Waals surface area (Å²) < 4.78 is 7.05. The van der Waals surface area contributed by atoms with E-state index in [1.165, 1.54) is 16.8 Å². The van der Waals surface area contributed by atoms with Crippen molar-refractivity contribution in [1.29, 1.82) is 0 Å². The number of amides is 1. The molecule has 7 nitrogen and oxygen atoms in total. The summed E-state index contributed by atoms with van der Waals surface area (Å²) in [6.45, 7) is 2.73. The molecular formula is C22H23BrN2O5. The third-order valence-corrected chi connectivity index (χ3v) is 5.70. The van der Waals surface area contributed by atoms with Crippen molar-refractivity contribution >= 4 is 33.6 Å². The van der Waals surface area contributed by atoms with Gasteiger partial charge in [-0.15, -0.1) is 0 Å². The van der Waals surface area contributed by atoms with Crippen molar-refractivity contribution in [2.24, 2.45) is 5.92 Å². The van der Waals surface area contributed by atoms with Gasteiger partial charge in [0.1, 0.15) is 0 Å². The lowest BCUT2D eigenvalue weighted by molar-refractivity contribution is -0.151. The fourth-order valence-electron chi connectivity index (χ4n) is 3.55. The van der Waals surface area contributed by atoms with Crippen LogP contribution in [0.5, 0.6) is 0 Å². The molecule has 3 rings (SSSR count). The molecule has 0 spiro atoms. The molecule has 0 aliphatic carbocycles. The van der Waals surface area contributed by atoms with Gasteiger partial charge in [-0.1, -0.05) is 34.1 Å². The summed E-state index contributed by atoms with van der Waals surface area (Å²) >= 11 is 3.33. The molecule has 2 heterocycles. The molecule has 8 heteroatoms. The number of ether oxygens (including phenoxy) is 1. The molecule has 1 aliphatic rings. The highest BCUT2D eigenvalue weighted by Gasteiger charge is 2.36. The molecule has 1 aromatic heterocycles. The van der Waals surface area contributed by atoms with Gasteiger partial charge >= 0.3 is 5.97 Å². The Labute approximate surface area is 182 Å². The number of carbonyl (C=O) groups excluding carboxylic acids is 3. The zero-order valence-electron chi connectivity index (χ0n) is 16.6. The van der Waals surface area contributed by atoms with E-state index in [1.54, 1.807) is 48.2 Å². The maximum absolute atomic E-state index is 13.4. The van der Waals surface area contributed by atoms with Gasteiger partial charge in [0.15, 0.2) is 11.8 Å². The second-order valence-corrected chi connectivity index (χ2v) is 7.99. The van der Waals surface area contributed by atoms with Gasteiger partial charge in [-0.2, -0.15) is 0 Å². The number of aromatic nitrogens is 1. The molecule has 1 aliphatic heterocycles. The van der Waals surface area contributed by atoms with Crippen LogP contribution in [0.3, 0.4) is 0 Å². The Morgan fingerprint density at radius 1 is 1.10 bits per heavy atom. The van der Waals surface area contributed by atoms with Gasteiger partial charge in [-0.25, -0.2) is 0 Å². The minimum atomic E-state index is -1.29. The lowest BCUT2D eigenvalue weighted by atomic mass is 9.95. The molecule has 0 bridgehead atoms. The van der Waals surface area contributed by atoms with Crippen LogP contribution in [0.2, 0.25) is 0 Å². The molecule has 2 aromatic rings. The van der Waals surface area contributed by atoms with E-state index in [1.807, 2.05) is 0 Å². The number of esters is 1. The van der Waals surface area contributed by atoms with E-state index in [2.05, 4.69) is 15.9 Å². The first-order valence-electron chi connectivity index (χ1n) is 9.84. The quantitative estimate of drug-likeness (QED) is 0.365. The number of ketones is 1. The fourth-order valence-corrected chi connectivity index (χ4v) is 3.82. The normalized spacial score (nSPS) is 15.5. The second-order valence-electron chi connectivity index (χ2n) is 7.07. The van der Waals surface area contributed by atoms with E-state index in [9.17, 15) is 19.2 Å². The van der Waals surface area contributed by atoms with Gasteiger partial charge < -0.3 is 9.64 Å². The van der Waals surface area contributed by atoms with E-state index < -0.39 is 23.3 Å². The first kappa shape index (κ1) is 22.0. The zero-order valence-corrected chi connectivity index (χ0v) is 18.2. The fraction of sp³-hybridized carbons (Fsp3) is 0.364. The summed E-state index contributed by atoms with van der Waals surface area (Å²) in [5.74, 6) is -1.41. The average molecular weight is 475 g/mol. The Balaban J connectivity index is 1.86. The number of hydrogen-bond acceptors (Lipinski definition) is 5. The Morgan fingerprint density at radius 3 is 2.37 bits per heavy atom. The van der Waals surface area contributed by atoms with E-state index >= 15 is 0 Å². The molecule has 0 unspecified atom stereocenters. The summed E-state index contributed by atoms with van der Waals surface area (Å²) in [5, 5.41) is 0. The number of Topliss-reactive ketones (excluding diaryl/α,β-unsaturated/α-hetero) is 1. The van der Waals surface area contributed by atoms with Gasteiger partial charge in [-0.3, -0.25) is 23.7 Å². The van der Waals surface area contributed by atoms with Crippen molar-refractivity contribution in [3.63, 3.8) is 0 Å². The van der Waals surface area contributed by atoms with Crippen LogP contribution in [-0.4, -0.2) is 46.8 Å². The average Bonchev–Trinajstić information content (AvgIpc) is 2.76. The second kappa shape index (κ2) is 9.84. The van der Waals surface area contributed by atoms with E-state index in [0.717, 1.165) is 4.47 Å². The number of hydrogen-bond donors (Lipinski definition) is 0. The van der Waals surface area contributed by atoms with Gasteiger partial charge in [-0.05, 0) is 38.0 Å². The molecular weight excluding hydrogens is 452 g/mol. The van der Waals surface area contributed by atoms with Crippen LogP contribution in [0.1, 0.15) is 36.2 Å². The number of halogens is 1. The van der Waals surface area contributed by atoms with Crippen LogP contribution in [0.4, 0.5) is 0 Å². The van der Waals surface area contributed by atoms with Crippen LogP contribution < -0.4 is 5.56 Å². The predicted octanol–water partition coefficient (Wildman–Crippen LogP) is 2.84.